The largest absolute Gasteiger partial charge is 0.491 e. The lowest BCUT2D eigenvalue weighted by Crippen LogP contribution is -2.24. The van der Waals surface area contributed by atoms with E-state index in [1.54, 1.807) is 0 Å². The van der Waals surface area contributed by atoms with Gasteiger partial charge in [-0.2, -0.15) is 8.42 Å². The zero-order chi connectivity index (χ0) is 15.5. The minimum atomic E-state index is -4.32. The van der Waals surface area contributed by atoms with E-state index in [2.05, 4.69) is 0 Å². The highest BCUT2D eigenvalue weighted by Crippen LogP contribution is 2.21. The number of carbonyl (C=O) groups is 2. The SMILES string of the molecule is CC(COc1cc(C(=O)O)ccc1C(=O)O)S(=O)(=O)O. The molecule has 1 atom stereocenters. The molecule has 1 unspecified atom stereocenters. The number of hydrogen-bond acceptors (Lipinski definition) is 5. The molecule has 0 saturated heterocycles. The zero-order valence-electron chi connectivity index (χ0n) is 10.3. The predicted molar refractivity (Wildman–Crippen MR) is 66.9 cm³/mol. The number of carboxylic acid groups (broad SMARTS) is 2. The van der Waals surface area contributed by atoms with Crippen LogP contribution in [0.5, 0.6) is 5.75 Å². The molecule has 0 saturated carbocycles. The molecule has 20 heavy (non-hydrogen) atoms. The third-order valence-electron chi connectivity index (χ3n) is 2.44. The van der Waals surface area contributed by atoms with E-state index in [1.807, 2.05) is 0 Å². The maximum absolute atomic E-state index is 10.9. The van der Waals surface area contributed by atoms with E-state index in [0.29, 0.717) is 0 Å². The quantitative estimate of drug-likeness (QED) is 0.654. The molecule has 0 aliphatic carbocycles. The van der Waals surface area contributed by atoms with E-state index in [4.69, 9.17) is 19.5 Å². The molecule has 1 aromatic carbocycles. The van der Waals surface area contributed by atoms with Crippen molar-refractivity contribution in [3.05, 3.63) is 29.3 Å². The molecule has 110 valence electrons. The smallest absolute Gasteiger partial charge is 0.339 e. The summed E-state index contributed by atoms with van der Waals surface area (Å²) in [5.74, 6) is -2.92. The first-order valence-electron chi connectivity index (χ1n) is 5.32. The van der Waals surface area contributed by atoms with Crippen molar-refractivity contribution >= 4 is 22.1 Å². The molecule has 9 heteroatoms. The maximum Gasteiger partial charge on any atom is 0.339 e. The van der Waals surface area contributed by atoms with Gasteiger partial charge in [0.15, 0.2) is 0 Å². The minimum Gasteiger partial charge on any atom is -0.491 e. The lowest BCUT2D eigenvalue weighted by molar-refractivity contribution is 0.0677. The van der Waals surface area contributed by atoms with Gasteiger partial charge in [-0.05, 0) is 25.1 Å². The molecule has 0 bridgehead atoms. The normalized spacial score (nSPS) is 12.7. The summed E-state index contributed by atoms with van der Waals surface area (Å²) in [6.45, 7) is 0.652. The van der Waals surface area contributed by atoms with Crippen molar-refractivity contribution in [2.75, 3.05) is 6.61 Å². The van der Waals surface area contributed by atoms with Crippen molar-refractivity contribution < 1.29 is 37.5 Å². The fraction of sp³-hybridized carbons (Fsp3) is 0.273. The fourth-order valence-corrected chi connectivity index (χ4v) is 1.48. The van der Waals surface area contributed by atoms with E-state index in [1.165, 1.54) is 0 Å². The van der Waals surface area contributed by atoms with Gasteiger partial charge >= 0.3 is 11.9 Å². The van der Waals surface area contributed by atoms with Crippen molar-refractivity contribution in [2.24, 2.45) is 0 Å². The van der Waals surface area contributed by atoms with E-state index < -0.39 is 33.9 Å². The molecule has 0 radical (unpaired) electrons. The lowest BCUT2D eigenvalue weighted by atomic mass is 10.1. The van der Waals surface area contributed by atoms with Gasteiger partial charge in [0.05, 0.1) is 5.56 Å². The first kappa shape index (κ1) is 15.9. The molecule has 3 N–H and O–H groups in total. The second-order valence-corrected chi connectivity index (χ2v) is 5.79. The van der Waals surface area contributed by atoms with E-state index in [0.717, 1.165) is 25.1 Å². The average Bonchev–Trinajstić information content (AvgIpc) is 2.33. The van der Waals surface area contributed by atoms with Crippen molar-refractivity contribution in [3.8, 4) is 5.75 Å². The van der Waals surface area contributed by atoms with E-state index >= 15 is 0 Å². The van der Waals surface area contributed by atoms with Gasteiger partial charge in [0, 0.05) is 0 Å². The summed E-state index contributed by atoms with van der Waals surface area (Å²) in [6, 6.07) is 3.10. The Hall–Kier alpha value is -2.13. The van der Waals surface area contributed by atoms with Crippen LogP contribution in [0.25, 0.3) is 0 Å². The number of benzene rings is 1. The highest BCUT2D eigenvalue weighted by atomic mass is 32.2. The van der Waals surface area contributed by atoms with Crippen LogP contribution < -0.4 is 4.74 Å². The monoisotopic (exact) mass is 304 g/mol. The molecule has 0 aromatic heterocycles. The topological polar surface area (TPSA) is 138 Å². The standard InChI is InChI=1S/C11H12O8S/c1-6(20(16,17)18)5-19-9-4-7(10(12)13)2-3-8(9)11(14)15/h2-4,6H,5H2,1H3,(H,12,13)(H,14,15)(H,16,17,18). The van der Waals surface area contributed by atoms with Gasteiger partial charge in [-0.3, -0.25) is 4.55 Å². The predicted octanol–water partition coefficient (Wildman–Crippen LogP) is 0.738. The number of rotatable bonds is 6. The van der Waals surface area contributed by atoms with E-state index in [-0.39, 0.29) is 16.9 Å². The van der Waals surface area contributed by atoms with Gasteiger partial charge in [-0.1, -0.05) is 0 Å². The molecule has 0 aliphatic heterocycles. The fourth-order valence-electron chi connectivity index (χ4n) is 1.24. The highest BCUT2D eigenvalue weighted by Gasteiger charge is 2.20. The maximum atomic E-state index is 10.9. The first-order valence-corrected chi connectivity index (χ1v) is 6.83. The molecule has 1 rings (SSSR count). The van der Waals surface area contributed by atoms with Crippen molar-refractivity contribution in [1.29, 1.82) is 0 Å². The molecule has 0 amide bonds. The molecule has 8 nitrogen and oxygen atoms in total. The summed E-state index contributed by atoms with van der Waals surface area (Å²) in [4.78, 5) is 21.7. The second kappa shape index (κ2) is 5.88. The van der Waals surface area contributed by atoms with Gasteiger partial charge in [0.1, 0.15) is 23.2 Å². The Balaban J connectivity index is 3.05. The summed E-state index contributed by atoms with van der Waals surface area (Å²) in [7, 11) is -4.32. The summed E-state index contributed by atoms with van der Waals surface area (Å²) in [6.07, 6.45) is 0. The van der Waals surface area contributed by atoms with Gasteiger partial charge in [-0.25, -0.2) is 9.59 Å². The van der Waals surface area contributed by atoms with Crippen LogP contribution in [0, 0.1) is 0 Å². The third kappa shape index (κ3) is 3.93. The Morgan fingerprint density at radius 1 is 1.25 bits per heavy atom. The van der Waals surface area contributed by atoms with Crippen LogP contribution in [0.4, 0.5) is 0 Å². The Morgan fingerprint density at radius 2 is 1.85 bits per heavy atom. The zero-order valence-corrected chi connectivity index (χ0v) is 11.1. The van der Waals surface area contributed by atoms with Crippen LogP contribution in [-0.2, 0) is 10.1 Å². The van der Waals surface area contributed by atoms with Gasteiger partial charge < -0.3 is 14.9 Å². The Morgan fingerprint density at radius 3 is 2.30 bits per heavy atom. The van der Waals surface area contributed by atoms with Gasteiger partial charge in [-0.15, -0.1) is 0 Å². The Labute approximate surface area is 114 Å². The summed E-state index contributed by atoms with van der Waals surface area (Å²) in [5, 5.41) is 16.5. The second-order valence-electron chi connectivity index (χ2n) is 3.96. The third-order valence-corrected chi connectivity index (χ3v) is 3.59. The number of ether oxygens (including phenoxy) is 1. The summed E-state index contributed by atoms with van der Waals surface area (Å²) >= 11 is 0. The molecule has 0 aliphatic rings. The van der Waals surface area contributed by atoms with Crippen LogP contribution >= 0.6 is 0 Å². The number of aromatic carboxylic acids is 2. The molecular weight excluding hydrogens is 292 g/mol. The summed E-state index contributed by atoms with van der Waals surface area (Å²) < 4.78 is 35.4. The molecule has 0 heterocycles. The van der Waals surface area contributed by atoms with Crippen LogP contribution in [-0.4, -0.2) is 47.0 Å². The van der Waals surface area contributed by atoms with Crippen LogP contribution in [0.1, 0.15) is 27.6 Å². The van der Waals surface area contributed by atoms with E-state index in [9.17, 15) is 18.0 Å². The lowest BCUT2D eigenvalue weighted by Gasteiger charge is -2.13. The van der Waals surface area contributed by atoms with Gasteiger partial charge in [0.25, 0.3) is 10.1 Å². The summed E-state index contributed by atoms with van der Waals surface area (Å²) in [5.41, 5.74) is -0.512. The molecule has 0 spiro atoms. The minimum absolute atomic E-state index is 0.204. The van der Waals surface area contributed by atoms with Crippen molar-refractivity contribution in [1.82, 2.24) is 0 Å². The van der Waals surface area contributed by atoms with Crippen LogP contribution in [0.2, 0.25) is 0 Å². The number of carboxylic acids is 2. The molecule has 0 fully saturated rings. The number of hydrogen-bond donors (Lipinski definition) is 3. The Bertz CT molecular complexity index is 634. The highest BCUT2D eigenvalue weighted by molar-refractivity contribution is 7.86. The first-order chi connectivity index (χ1) is 9.12. The van der Waals surface area contributed by atoms with Crippen LogP contribution in [0.3, 0.4) is 0 Å². The van der Waals surface area contributed by atoms with Crippen molar-refractivity contribution in [3.63, 3.8) is 0 Å². The average molecular weight is 304 g/mol. The molecule has 1 aromatic rings. The van der Waals surface area contributed by atoms with Crippen molar-refractivity contribution in [2.45, 2.75) is 12.2 Å². The molecular formula is C11H12O8S. The van der Waals surface area contributed by atoms with Crippen LogP contribution in [0.15, 0.2) is 18.2 Å². The van der Waals surface area contributed by atoms with Gasteiger partial charge in [0.2, 0.25) is 0 Å². The Kier molecular flexibility index (Phi) is 4.69.